The molecule has 0 aromatic heterocycles. The van der Waals surface area contributed by atoms with E-state index in [1.54, 1.807) is 0 Å². The Morgan fingerprint density at radius 2 is 1.60 bits per heavy atom. The predicted octanol–water partition coefficient (Wildman–Crippen LogP) is 6.00. The van der Waals surface area contributed by atoms with Crippen molar-refractivity contribution in [2.75, 3.05) is 0 Å². The monoisotopic (exact) mass is 350 g/mol. The van der Waals surface area contributed by atoms with Crippen molar-refractivity contribution in [2.24, 2.45) is 5.92 Å². The molecule has 0 N–H and O–H groups in total. The molecule has 0 aliphatic heterocycles. The molecule has 0 fully saturated rings. The molecule has 0 aliphatic carbocycles. The smallest absolute Gasteiger partial charge is 0.140 e. The van der Waals surface area contributed by atoms with Crippen molar-refractivity contribution in [3.63, 3.8) is 0 Å². The highest BCUT2D eigenvalue weighted by Gasteiger charge is 2.20. The molecule has 3 nitrogen and oxygen atoms in total. The fourth-order valence-electron chi connectivity index (χ4n) is 3.05. The van der Waals surface area contributed by atoms with Gasteiger partial charge in [-0.2, -0.15) is 0 Å². The van der Waals surface area contributed by atoms with Crippen molar-refractivity contribution in [1.82, 2.24) is 0 Å². The molecule has 3 heteroatoms. The van der Waals surface area contributed by atoms with Crippen molar-refractivity contribution in [2.45, 2.75) is 104 Å². The Kier molecular flexibility index (Phi) is 16.7. The van der Waals surface area contributed by atoms with Gasteiger partial charge in [0.05, 0.1) is 6.42 Å². The Balaban J connectivity index is 4.00. The number of rotatable bonds is 18. The zero-order valence-corrected chi connectivity index (χ0v) is 16.4. The van der Waals surface area contributed by atoms with Gasteiger partial charge in [0.2, 0.25) is 0 Å². The van der Waals surface area contributed by atoms with Gasteiger partial charge in [0, 0.05) is 18.8 Å². The Hall–Kier alpha value is -1.25. The standard InChI is InChI=1S/C22H38O3/c1-3-5-7-8-9-10-11-12-14-16-22(25)20(15-13-6-4-2)19-21(24)17-18-23/h5,7,18,20H,3-4,6,8-17,19H2,1-2H3. The van der Waals surface area contributed by atoms with Crippen LogP contribution in [0, 0.1) is 5.92 Å². The number of aldehydes is 1. The quantitative estimate of drug-likeness (QED) is 0.132. The summed E-state index contributed by atoms with van der Waals surface area (Å²) in [5.74, 6) is -0.0376. The summed E-state index contributed by atoms with van der Waals surface area (Å²) < 4.78 is 0. The summed E-state index contributed by atoms with van der Waals surface area (Å²) >= 11 is 0. The lowest BCUT2D eigenvalue weighted by molar-refractivity contribution is -0.129. The molecule has 1 unspecified atom stereocenters. The van der Waals surface area contributed by atoms with Gasteiger partial charge in [-0.25, -0.2) is 0 Å². The van der Waals surface area contributed by atoms with Crippen LogP contribution in [0.3, 0.4) is 0 Å². The van der Waals surface area contributed by atoms with Crippen LogP contribution in [0.2, 0.25) is 0 Å². The summed E-state index contributed by atoms with van der Waals surface area (Å²) in [6, 6.07) is 0. The van der Waals surface area contributed by atoms with Crippen molar-refractivity contribution < 1.29 is 14.4 Å². The third-order valence-electron chi connectivity index (χ3n) is 4.59. The highest BCUT2D eigenvalue weighted by atomic mass is 16.1. The molecule has 0 aliphatic rings. The molecule has 0 rings (SSSR count). The number of allylic oxidation sites excluding steroid dienone is 2. The maximum absolute atomic E-state index is 12.4. The van der Waals surface area contributed by atoms with Crippen LogP contribution in [0.15, 0.2) is 12.2 Å². The second-order valence-corrected chi connectivity index (χ2v) is 6.96. The van der Waals surface area contributed by atoms with Crippen LogP contribution in [-0.4, -0.2) is 17.9 Å². The Morgan fingerprint density at radius 1 is 0.880 bits per heavy atom. The van der Waals surface area contributed by atoms with Crippen LogP contribution >= 0.6 is 0 Å². The van der Waals surface area contributed by atoms with Crippen LogP contribution in [0.25, 0.3) is 0 Å². The van der Waals surface area contributed by atoms with Crippen LogP contribution in [-0.2, 0) is 14.4 Å². The molecule has 1 atom stereocenters. The molecule has 0 radical (unpaired) electrons. The second kappa shape index (κ2) is 17.6. The molecule has 0 aromatic carbocycles. The van der Waals surface area contributed by atoms with Crippen molar-refractivity contribution >= 4 is 17.9 Å². The van der Waals surface area contributed by atoms with Crippen molar-refractivity contribution in [3.8, 4) is 0 Å². The highest BCUT2D eigenvalue weighted by molar-refractivity contribution is 5.93. The second-order valence-electron chi connectivity index (χ2n) is 6.96. The molecule has 0 spiro atoms. The van der Waals surface area contributed by atoms with E-state index in [2.05, 4.69) is 26.0 Å². The molecule has 0 aromatic rings. The first kappa shape index (κ1) is 23.8. The average Bonchev–Trinajstić information content (AvgIpc) is 2.59. The number of carbonyl (C=O) groups is 3. The zero-order chi connectivity index (χ0) is 18.8. The molecular weight excluding hydrogens is 312 g/mol. The molecule has 0 saturated heterocycles. The average molecular weight is 351 g/mol. The van der Waals surface area contributed by atoms with Crippen LogP contribution in [0.1, 0.15) is 104 Å². The maximum atomic E-state index is 12.4. The minimum absolute atomic E-state index is 0.0516. The Labute approximate surface area is 154 Å². The Morgan fingerprint density at radius 3 is 2.28 bits per heavy atom. The molecular formula is C22H38O3. The van der Waals surface area contributed by atoms with Gasteiger partial charge in [0.1, 0.15) is 17.9 Å². The van der Waals surface area contributed by atoms with Crippen LogP contribution in [0.5, 0.6) is 0 Å². The molecule has 0 heterocycles. The van der Waals surface area contributed by atoms with Gasteiger partial charge in [-0.3, -0.25) is 9.59 Å². The minimum atomic E-state index is -0.168. The van der Waals surface area contributed by atoms with Gasteiger partial charge in [-0.1, -0.05) is 64.5 Å². The highest BCUT2D eigenvalue weighted by Crippen LogP contribution is 2.19. The predicted molar refractivity (Wildman–Crippen MR) is 105 cm³/mol. The SMILES string of the molecule is CCC=CCCCCCCCC(=O)C(CCCCC)CC(=O)CC=O. The van der Waals surface area contributed by atoms with Gasteiger partial charge < -0.3 is 4.79 Å². The van der Waals surface area contributed by atoms with E-state index in [9.17, 15) is 14.4 Å². The lowest BCUT2D eigenvalue weighted by Crippen LogP contribution is -2.19. The van der Waals surface area contributed by atoms with Gasteiger partial charge in [0.25, 0.3) is 0 Å². The van der Waals surface area contributed by atoms with E-state index in [-0.39, 0.29) is 30.3 Å². The number of hydrogen-bond donors (Lipinski definition) is 0. The third-order valence-corrected chi connectivity index (χ3v) is 4.59. The van der Waals surface area contributed by atoms with E-state index >= 15 is 0 Å². The number of unbranched alkanes of at least 4 members (excludes halogenated alkanes) is 7. The molecule has 0 saturated carbocycles. The van der Waals surface area contributed by atoms with Gasteiger partial charge in [-0.05, 0) is 32.1 Å². The largest absolute Gasteiger partial charge is 0.303 e. The summed E-state index contributed by atoms with van der Waals surface area (Å²) in [7, 11) is 0. The normalized spacial score (nSPS) is 12.4. The molecule has 0 bridgehead atoms. The summed E-state index contributed by atoms with van der Waals surface area (Å²) in [6.07, 6.45) is 17.8. The number of Topliss-reactive ketones (excluding diaryl/α,β-unsaturated/α-hetero) is 2. The summed E-state index contributed by atoms with van der Waals surface area (Å²) in [4.78, 5) is 34.6. The minimum Gasteiger partial charge on any atom is -0.303 e. The fourth-order valence-corrected chi connectivity index (χ4v) is 3.05. The molecule has 25 heavy (non-hydrogen) atoms. The fraction of sp³-hybridized carbons (Fsp3) is 0.773. The number of ketones is 2. The first-order valence-electron chi connectivity index (χ1n) is 10.3. The van der Waals surface area contributed by atoms with E-state index in [1.165, 1.54) is 19.3 Å². The van der Waals surface area contributed by atoms with E-state index in [0.29, 0.717) is 12.7 Å². The van der Waals surface area contributed by atoms with E-state index in [4.69, 9.17) is 0 Å². The van der Waals surface area contributed by atoms with E-state index < -0.39 is 0 Å². The number of carbonyl (C=O) groups excluding carboxylic acids is 3. The lowest BCUT2D eigenvalue weighted by atomic mass is 9.88. The summed E-state index contributed by atoms with van der Waals surface area (Å²) in [5, 5.41) is 0. The zero-order valence-electron chi connectivity index (χ0n) is 16.4. The van der Waals surface area contributed by atoms with E-state index in [0.717, 1.165) is 51.4 Å². The van der Waals surface area contributed by atoms with Gasteiger partial charge in [0.15, 0.2) is 0 Å². The van der Waals surface area contributed by atoms with Gasteiger partial charge >= 0.3 is 0 Å². The summed E-state index contributed by atoms with van der Waals surface area (Å²) in [6.45, 7) is 4.28. The first-order valence-corrected chi connectivity index (χ1v) is 10.3. The summed E-state index contributed by atoms with van der Waals surface area (Å²) in [5.41, 5.74) is 0. The first-order chi connectivity index (χ1) is 12.2. The van der Waals surface area contributed by atoms with Gasteiger partial charge in [-0.15, -0.1) is 0 Å². The Bertz CT molecular complexity index is 385. The topological polar surface area (TPSA) is 51.2 Å². The lowest BCUT2D eigenvalue weighted by Gasteiger charge is -2.14. The van der Waals surface area contributed by atoms with Crippen molar-refractivity contribution in [1.29, 1.82) is 0 Å². The third kappa shape index (κ3) is 14.8. The van der Waals surface area contributed by atoms with Crippen molar-refractivity contribution in [3.05, 3.63) is 12.2 Å². The number of hydrogen-bond acceptors (Lipinski definition) is 3. The maximum Gasteiger partial charge on any atom is 0.140 e. The van der Waals surface area contributed by atoms with Crippen LogP contribution in [0.4, 0.5) is 0 Å². The molecule has 144 valence electrons. The molecule has 0 amide bonds. The van der Waals surface area contributed by atoms with Crippen LogP contribution < -0.4 is 0 Å². The van der Waals surface area contributed by atoms with E-state index in [1.807, 2.05) is 0 Å².